The van der Waals surface area contributed by atoms with Crippen LogP contribution in [-0.2, 0) is 0 Å². The largest absolute Gasteiger partial charge is 0.373 e. The monoisotopic (exact) mass is 462 g/mol. The molecule has 2 atom stereocenters. The van der Waals surface area contributed by atoms with E-state index in [-0.39, 0.29) is 0 Å². The second kappa shape index (κ2) is 15.8. The molecule has 188 valence electrons. The number of nitrogens with zero attached hydrogens (tertiary/aromatic N) is 2. The Morgan fingerprint density at radius 2 is 1.35 bits per heavy atom. The molecule has 0 amide bonds. The lowest BCUT2D eigenvalue weighted by Gasteiger charge is -2.27. The highest BCUT2D eigenvalue weighted by Gasteiger charge is 2.12. The molecule has 0 saturated carbocycles. The van der Waals surface area contributed by atoms with Crippen LogP contribution in [0.1, 0.15) is 90.9 Å². The molecule has 0 fully saturated rings. The van der Waals surface area contributed by atoms with Crippen molar-refractivity contribution in [2.45, 2.75) is 90.9 Å². The summed E-state index contributed by atoms with van der Waals surface area (Å²) in [6.07, 6.45) is 38.9. The van der Waals surface area contributed by atoms with Gasteiger partial charge >= 0.3 is 0 Å². The van der Waals surface area contributed by atoms with Gasteiger partial charge in [0.05, 0.1) is 0 Å². The molecule has 3 aliphatic heterocycles. The first-order valence-corrected chi connectivity index (χ1v) is 14.2. The summed E-state index contributed by atoms with van der Waals surface area (Å²) in [6, 6.07) is 0. The summed E-state index contributed by atoms with van der Waals surface area (Å²) < 4.78 is 0. The average molecular weight is 463 g/mol. The molecule has 0 aromatic rings. The predicted molar refractivity (Wildman–Crippen MR) is 150 cm³/mol. The van der Waals surface area contributed by atoms with Crippen LogP contribution in [0.15, 0.2) is 72.2 Å². The summed E-state index contributed by atoms with van der Waals surface area (Å²) in [5, 5.41) is 0. The Kier molecular flexibility index (Phi) is 12.4. The number of allylic oxidation sites excluding steroid dienone is 8. The lowest BCUT2D eigenvalue weighted by atomic mass is 10.00. The average Bonchev–Trinajstić information content (AvgIpc) is 2.82. The minimum absolute atomic E-state index is 0.766. The van der Waals surface area contributed by atoms with Crippen molar-refractivity contribution >= 4 is 0 Å². The van der Waals surface area contributed by atoms with Crippen LogP contribution in [0.25, 0.3) is 0 Å². The lowest BCUT2D eigenvalue weighted by molar-refractivity contribution is 0.318. The van der Waals surface area contributed by atoms with Crippen molar-refractivity contribution in [2.75, 3.05) is 26.2 Å². The van der Waals surface area contributed by atoms with E-state index in [1.807, 2.05) is 0 Å². The Labute approximate surface area is 210 Å². The summed E-state index contributed by atoms with van der Waals surface area (Å²) in [5.41, 5.74) is 3.08. The van der Waals surface area contributed by atoms with Gasteiger partial charge in [0.2, 0.25) is 0 Å². The predicted octanol–water partition coefficient (Wildman–Crippen LogP) is 8.58. The molecule has 0 unspecified atom stereocenters. The van der Waals surface area contributed by atoms with Crippen LogP contribution in [0.3, 0.4) is 0 Å². The van der Waals surface area contributed by atoms with Gasteiger partial charge in [0.1, 0.15) is 0 Å². The van der Waals surface area contributed by atoms with Crippen LogP contribution in [0.2, 0.25) is 0 Å². The molecular weight excluding hydrogens is 412 g/mol. The van der Waals surface area contributed by atoms with E-state index in [1.165, 1.54) is 95.7 Å². The Morgan fingerprint density at radius 3 is 2.09 bits per heavy atom. The maximum Gasteiger partial charge on any atom is 0.0386 e. The summed E-state index contributed by atoms with van der Waals surface area (Å²) in [6.45, 7) is 9.44. The SMILES string of the molecule is C[C@@H]1CCCC/C=C\CCC2=CC=CN(C2)C[C@H](C)CCCC/C=C\CCC2=CN(CC=C2)C1. The fourth-order valence-corrected chi connectivity index (χ4v) is 5.38. The van der Waals surface area contributed by atoms with Gasteiger partial charge in [-0.3, -0.25) is 0 Å². The van der Waals surface area contributed by atoms with Gasteiger partial charge in [-0.25, -0.2) is 0 Å². The van der Waals surface area contributed by atoms with E-state index in [1.54, 1.807) is 5.57 Å². The topological polar surface area (TPSA) is 6.48 Å². The number of hydrogen-bond acceptors (Lipinski definition) is 2. The molecule has 4 bridgehead atoms. The normalized spacial score (nSPS) is 28.6. The molecule has 0 saturated heterocycles. The summed E-state index contributed by atoms with van der Waals surface area (Å²) >= 11 is 0. The Morgan fingerprint density at radius 1 is 0.706 bits per heavy atom. The van der Waals surface area contributed by atoms with Crippen LogP contribution in [0.5, 0.6) is 0 Å². The van der Waals surface area contributed by atoms with Gasteiger partial charge in [-0.05, 0) is 93.9 Å². The van der Waals surface area contributed by atoms with Gasteiger partial charge in [-0.2, -0.15) is 0 Å². The standard InChI is InChI=1S/C32H50N2/c1-29-17-11-7-3-5-9-14-20-32-22-16-24-34(28-32)26-30(2)18-12-8-4-6-10-13-19-31-21-15-23-33(25-29)27-31/h5-6,9-10,15-16,21-23,28-30H,3-4,7-8,11-14,17-20,24-27H2,1-2H3/b9-5-,10-6-/t29-,30-/m1/s1. The third kappa shape index (κ3) is 11.0. The highest BCUT2D eigenvalue weighted by Crippen LogP contribution is 2.20. The van der Waals surface area contributed by atoms with Crippen molar-refractivity contribution in [3.63, 3.8) is 0 Å². The molecule has 0 spiro atoms. The van der Waals surface area contributed by atoms with E-state index in [0.717, 1.165) is 24.9 Å². The molecule has 0 aromatic carbocycles. The Bertz CT molecular complexity index is 751. The fraction of sp³-hybridized carbons (Fsp3) is 0.625. The van der Waals surface area contributed by atoms with Gasteiger partial charge in [-0.15, -0.1) is 0 Å². The van der Waals surface area contributed by atoms with Crippen LogP contribution in [0, 0.1) is 11.8 Å². The minimum atomic E-state index is 0.766. The fourth-order valence-electron chi connectivity index (χ4n) is 5.38. The molecule has 0 aromatic heterocycles. The maximum atomic E-state index is 2.53. The maximum absolute atomic E-state index is 2.53. The second-order valence-electron chi connectivity index (χ2n) is 11.0. The molecular formula is C32H50N2. The van der Waals surface area contributed by atoms with Crippen molar-refractivity contribution in [3.05, 3.63) is 72.2 Å². The molecule has 2 nitrogen and oxygen atoms in total. The number of hydrogen-bond donors (Lipinski definition) is 0. The molecule has 3 heterocycles. The lowest BCUT2D eigenvalue weighted by Crippen LogP contribution is -2.27. The van der Waals surface area contributed by atoms with Crippen molar-refractivity contribution < 1.29 is 0 Å². The van der Waals surface area contributed by atoms with E-state index >= 15 is 0 Å². The quantitative estimate of drug-likeness (QED) is 0.333. The highest BCUT2D eigenvalue weighted by atomic mass is 15.1. The Hall–Kier alpha value is -1.96. The highest BCUT2D eigenvalue weighted by molar-refractivity contribution is 5.23. The number of rotatable bonds is 0. The minimum Gasteiger partial charge on any atom is -0.373 e. The molecule has 0 N–H and O–H groups in total. The van der Waals surface area contributed by atoms with Gasteiger partial charge in [-0.1, -0.05) is 74.8 Å². The van der Waals surface area contributed by atoms with Crippen LogP contribution in [0.4, 0.5) is 0 Å². The van der Waals surface area contributed by atoms with Crippen molar-refractivity contribution in [2.24, 2.45) is 11.8 Å². The van der Waals surface area contributed by atoms with Gasteiger partial charge in [0.25, 0.3) is 0 Å². The van der Waals surface area contributed by atoms with E-state index in [4.69, 9.17) is 0 Å². The van der Waals surface area contributed by atoms with Gasteiger partial charge < -0.3 is 9.80 Å². The van der Waals surface area contributed by atoms with Crippen LogP contribution < -0.4 is 0 Å². The van der Waals surface area contributed by atoms with E-state index in [0.29, 0.717) is 0 Å². The van der Waals surface area contributed by atoms with E-state index in [2.05, 4.69) is 84.7 Å². The van der Waals surface area contributed by atoms with Crippen LogP contribution >= 0.6 is 0 Å². The third-order valence-corrected chi connectivity index (χ3v) is 7.35. The zero-order valence-corrected chi connectivity index (χ0v) is 22.1. The first-order valence-electron chi connectivity index (χ1n) is 14.2. The summed E-state index contributed by atoms with van der Waals surface area (Å²) in [4.78, 5) is 5.06. The molecule has 2 heteroatoms. The third-order valence-electron chi connectivity index (χ3n) is 7.35. The molecule has 3 aliphatic rings. The molecule has 3 rings (SSSR count). The first-order chi connectivity index (χ1) is 16.7. The van der Waals surface area contributed by atoms with Gasteiger partial charge in [0, 0.05) is 32.4 Å². The molecule has 0 radical (unpaired) electrons. The van der Waals surface area contributed by atoms with Gasteiger partial charge in [0.15, 0.2) is 0 Å². The number of fused-ring (bicyclic) bond motifs is 3. The molecule has 0 aliphatic carbocycles. The zero-order chi connectivity index (χ0) is 23.8. The second-order valence-corrected chi connectivity index (χ2v) is 11.0. The van der Waals surface area contributed by atoms with E-state index in [9.17, 15) is 0 Å². The van der Waals surface area contributed by atoms with Crippen molar-refractivity contribution in [1.82, 2.24) is 9.80 Å². The smallest absolute Gasteiger partial charge is 0.0386 e. The summed E-state index contributed by atoms with van der Waals surface area (Å²) in [7, 11) is 0. The van der Waals surface area contributed by atoms with Crippen molar-refractivity contribution in [3.8, 4) is 0 Å². The zero-order valence-electron chi connectivity index (χ0n) is 22.1. The Balaban J connectivity index is 1.48. The van der Waals surface area contributed by atoms with E-state index < -0.39 is 0 Å². The summed E-state index contributed by atoms with van der Waals surface area (Å²) in [5.74, 6) is 1.53. The van der Waals surface area contributed by atoms with Crippen LogP contribution in [-0.4, -0.2) is 36.0 Å². The molecule has 34 heavy (non-hydrogen) atoms. The van der Waals surface area contributed by atoms with Crippen molar-refractivity contribution in [1.29, 1.82) is 0 Å². The first kappa shape index (κ1) is 26.6.